The van der Waals surface area contributed by atoms with Crippen molar-refractivity contribution in [3.63, 3.8) is 0 Å². The fraction of sp³-hybridized carbons (Fsp3) is 0.409. The fourth-order valence-electron chi connectivity index (χ4n) is 3.84. The Bertz CT molecular complexity index is 895. The zero-order valence-corrected chi connectivity index (χ0v) is 16.1. The number of Topliss-reactive ketones (excluding diaryl/α,β-unsaturated/α-hetero) is 1. The quantitative estimate of drug-likeness (QED) is 0.791. The largest absolute Gasteiger partial charge is 0.493 e. The molecule has 0 unspecified atom stereocenters. The topological polar surface area (TPSA) is 74.2 Å². The number of carbonyl (C=O) groups is 1. The smallest absolute Gasteiger partial charge is 0.204 e. The van der Waals surface area contributed by atoms with Crippen LogP contribution in [-0.4, -0.2) is 51.5 Å². The molecule has 0 atom stereocenters. The average molecular weight is 384 g/mol. The van der Waals surface area contributed by atoms with Gasteiger partial charge in [-0.25, -0.2) is 0 Å². The number of hydrogen-bond donors (Lipinski definition) is 1. The molecule has 2 aliphatic rings. The molecule has 1 aliphatic carbocycles. The lowest BCUT2D eigenvalue weighted by molar-refractivity contribution is -0.153. The van der Waals surface area contributed by atoms with Crippen molar-refractivity contribution in [3.05, 3.63) is 41.5 Å². The number of hydrogen-bond acceptors (Lipinski definition) is 6. The Hall–Kier alpha value is -2.57. The lowest BCUT2D eigenvalue weighted by atomic mass is 9.88. The number of ether oxygens (including phenoxy) is 4. The fourth-order valence-corrected chi connectivity index (χ4v) is 3.84. The molecule has 0 saturated carbocycles. The van der Waals surface area contributed by atoms with E-state index < -0.39 is 5.41 Å². The minimum atomic E-state index is -0.396. The predicted octanol–water partition coefficient (Wildman–Crippen LogP) is 2.89. The number of ketones is 1. The van der Waals surface area contributed by atoms with Gasteiger partial charge in [0, 0.05) is 17.5 Å². The Morgan fingerprint density at radius 2 is 1.79 bits per heavy atom. The van der Waals surface area contributed by atoms with Crippen LogP contribution in [-0.2, 0) is 11.2 Å². The number of benzene rings is 2. The highest BCUT2D eigenvalue weighted by molar-refractivity contribution is 6.02. The second-order valence-electron chi connectivity index (χ2n) is 7.37. The Labute approximate surface area is 164 Å². The highest BCUT2D eigenvalue weighted by Gasteiger charge is 2.39. The summed E-state index contributed by atoms with van der Waals surface area (Å²) in [5.74, 6) is 1.78. The molecule has 0 aromatic heterocycles. The third kappa shape index (κ3) is 3.02. The molecule has 2 aromatic rings. The molecule has 28 heavy (non-hydrogen) atoms. The molecule has 1 N–H and O–H groups in total. The van der Waals surface area contributed by atoms with E-state index in [0.717, 1.165) is 28.7 Å². The van der Waals surface area contributed by atoms with E-state index in [4.69, 9.17) is 18.9 Å². The van der Waals surface area contributed by atoms with E-state index >= 15 is 0 Å². The molecule has 1 heterocycles. The van der Waals surface area contributed by atoms with Gasteiger partial charge in [0.25, 0.3) is 0 Å². The van der Waals surface area contributed by atoms with Crippen molar-refractivity contribution in [2.24, 2.45) is 5.41 Å². The Balaban J connectivity index is 1.77. The van der Waals surface area contributed by atoms with E-state index in [9.17, 15) is 9.90 Å². The van der Waals surface area contributed by atoms with Gasteiger partial charge in [0.2, 0.25) is 5.75 Å². The van der Waals surface area contributed by atoms with Crippen LogP contribution in [0.2, 0.25) is 0 Å². The SMILES string of the molecule is COc1ccc(-c2cccc3c2CCC3=O)c(OC)c1OCC1(CO)COC1. The van der Waals surface area contributed by atoms with Gasteiger partial charge in [0.1, 0.15) is 6.61 Å². The molecule has 0 spiro atoms. The predicted molar refractivity (Wildman–Crippen MR) is 103 cm³/mol. The molecule has 148 valence electrons. The molecule has 1 aliphatic heterocycles. The summed E-state index contributed by atoms with van der Waals surface area (Å²) >= 11 is 0. The van der Waals surface area contributed by atoms with E-state index in [1.165, 1.54) is 0 Å². The van der Waals surface area contributed by atoms with E-state index in [-0.39, 0.29) is 12.4 Å². The first kappa shape index (κ1) is 18.8. The van der Waals surface area contributed by atoms with Crippen LogP contribution in [0.1, 0.15) is 22.3 Å². The number of rotatable bonds is 7. The first-order valence-corrected chi connectivity index (χ1v) is 9.34. The second kappa shape index (κ2) is 7.45. The Kier molecular flexibility index (Phi) is 5.00. The van der Waals surface area contributed by atoms with Crippen LogP contribution in [0.5, 0.6) is 17.2 Å². The molecule has 6 nitrogen and oxygen atoms in total. The summed E-state index contributed by atoms with van der Waals surface area (Å²) in [6.45, 7) is 1.21. The molecule has 2 aromatic carbocycles. The van der Waals surface area contributed by atoms with Crippen LogP contribution in [0.3, 0.4) is 0 Å². The number of methoxy groups -OCH3 is 2. The highest BCUT2D eigenvalue weighted by atomic mass is 16.5. The first-order valence-electron chi connectivity index (χ1n) is 9.34. The molecule has 0 bridgehead atoms. The third-order valence-corrected chi connectivity index (χ3v) is 5.54. The maximum Gasteiger partial charge on any atom is 0.204 e. The summed E-state index contributed by atoms with van der Waals surface area (Å²) in [7, 11) is 3.17. The van der Waals surface area contributed by atoms with Gasteiger partial charge in [-0.2, -0.15) is 0 Å². The minimum absolute atomic E-state index is 0.00831. The summed E-state index contributed by atoms with van der Waals surface area (Å²) in [6.07, 6.45) is 1.26. The van der Waals surface area contributed by atoms with Crippen molar-refractivity contribution in [2.45, 2.75) is 12.8 Å². The van der Waals surface area contributed by atoms with Crippen molar-refractivity contribution >= 4 is 5.78 Å². The van der Waals surface area contributed by atoms with Gasteiger partial charge >= 0.3 is 0 Å². The van der Waals surface area contributed by atoms with Gasteiger partial charge in [0.15, 0.2) is 17.3 Å². The molecule has 1 fully saturated rings. The Morgan fingerprint density at radius 1 is 1.00 bits per heavy atom. The van der Waals surface area contributed by atoms with Gasteiger partial charge in [-0.05, 0) is 29.7 Å². The van der Waals surface area contributed by atoms with Gasteiger partial charge in [0.05, 0.1) is 39.5 Å². The van der Waals surface area contributed by atoms with Crippen molar-refractivity contribution in [2.75, 3.05) is 40.6 Å². The Morgan fingerprint density at radius 3 is 2.43 bits per heavy atom. The summed E-state index contributed by atoms with van der Waals surface area (Å²) in [5, 5.41) is 9.68. The van der Waals surface area contributed by atoms with Gasteiger partial charge in [-0.1, -0.05) is 18.2 Å². The first-order chi connectivity index (χ1) is 13.6. The van der Waals surface area contributed by atoms with E-state index in [1.54, 1.807) is 14.2 Å². The molecule has 1 saturated heterocycles. The second-order valence-corrected chi connectivity index (χ2v) is 7.37. The molecular weight excluding hydrogens is 360 g/mol. The number of aliphatic hydroxyl groups is 1. The van der Waals surface area contributed by atoms with Gasteiger partial charge < -0.3 is 24.1 Å². The standard InChI is InChI=1S/C22H24O6/c1-25-19-9-7-17(14-4-3-5-16-15(14)6-8-18(16)24)20(26-2)21(19)28-13-22(10-23)11-27-12-22/h3-5,7,9,23H,6,8,10-13H2,1-2H3. The van der Waals surface area contributed by atoms with E-state index in [0.29, 0.717) is 43.5 Å². The zero-order chi connectivity index (χ0) is 19.7. The lowest BCUT2D eigenvalue weighted by Crippen LogP contribution is -2.49. The van der Waals surface area contributed by atoms with Crippen LogP contribution < -0.4 is 14.2 Å². The van der Waals surface area contributed by atoms with Crippen LogP contribution >= 0.6 is 0 Å². The zero-order valence-electron chi connectivity index (χ0n) is 16.1. The van der Waals surface area contributed by atoms with Crippen molar-refractivity contribution in [1.82, 2.24) is 0 Å². The summed E-state index contributed by atoms with van der Waals surface area (Å²) in [6, 6.07) is 9.54. The maximum absolute atomic E-state index is 12.1. The summed E-state index contributed by atoms with van der Waals surface area (Å²) in [4.78, 5) is 12.1. The summed E-state index contributed by atoms with van der Waals surface area (Å²) < 4.78 is 22.6. The van der Waals surface area contributed by atoms with Gasteiger partial charge in [-0.3, -0.25) is 4.79 Å². The number of aliphatic hydroxyl groups excluding tert-OH is 1. The van der Waals surface area contributed by atoms with Crippen molar-refractivity contribution in [1.29, 1.82) is 0 Å². The maximum atomic E-state index is 12.1. The van der Waals surface area contributed by atoms with E-state index in [1.807, 2.05) is 30.3 Å². The van der Waals surface area contributed by atoms with Crippen molar-refractivity contribution < 1.29 is 28.8 Å². The average Bonchev–Trinajstić information content (AvgIpc) is 3.08. The van der Waals surface area contributed by atoms with Crippen LogP contribution in [0.4, 0.5) is 0 Å². The highest BCUT2D eigenvalue weighted by Crippen LogP contribution is 2.47. The molecular formula is C22H24O6. The van der Waals surface area contributed by atoms with E-state index in [2.05, 4.69) is 0 Å². The lowest BCUT2D eigenvalue weighted by Gasteiger charge is -2.39. The molecule has 0 radical (unpaired) electrons. The molecule has 6 heteroatoms. The summed E-state index contributed by atoms with van der Waals surface area (Å²) in [5.41, 5.74) is 3.25. The van der Waals surface area contributed by atoms with Crippen LogP contribution in [0.25, 0.3) is 11.1 Å². The molecule has 0 amide bonds. The van der Waals surface area contributed by atoms with Crippen LogP contribution in [0.15, 0.2) is 30.3 Å². The third-order valence-electron chi connectivity index (χ3n) is 5.54. The monoisotopic (exact) mass is 384 g/mol. The molecule has 4 rings (SSSR count). The number of carbonyl (C=O) groups excluding carboxylic acids is 1. The van der Waals surface area contributed by atoms with Crippen molar-refractivity contribution in [3.8, 4) is 28.4 Å². The van der Waals surface area contributed by atoms with Crippen LogP contribution in [0, 0.1) is 5.41 Å². The minimum Gasteiger partial charge on any atom is -0.493 e. The normalized spacial score (nSPS) is 17.0. The van der Waals surface area contributed by atoms with Gasteiger partial charge in [-0.15, -0.1) is 0 Å². The number of fused-ring (bicyclic) bond motifs is 1.